The van der Waals surface area contributed by atoms with Gasteiger partial charge in [-0.3, -0.25) is 0 Å². The van der Waals surface area contributed by atoms with E-state index in [1.807, 2.05) is 0 Å². The fourth-order valence-electron chi connectivity index (χ4n) is 4.13. The molecule has 1 atom stereocenters. The molecule has 1 heterocycles. The first-order valence-corrected chi connectivity index (χ1v) is 13.3. The number of ether oxygens (including phenoxy) is 4. The number of aliphatic carboxylic acids is 1. The molecule has 0 spiro atoms. The maximum Gasteiger partial charge on any atom is 0.416 e. The minimum atomic E-state index is -4.55. The highest BCUT2D eigenvalue weighted by Gasteiger charge is 2.44. The number of carboxylic acid groups (broad SMARTS) is 1. The number of hydrogen-bond acceptors (Lipinski definition) is 5. The Hall–Kier alpha value is -3.07. The number of allylic oxidation sites excluding steroid dienone is 5. The number of carboxylic acids is 1. The van der Waals surface area contributed by atoms with Crippen molar-refractivity contribution in [2.24, 2.45) is 0 Å². The van der Waals surface area contributed by atoms with Crippen LogP contribution < -0.4 is 9.47 Å². The van der Waals surface area contributed by atoms with Gasteiger partial charge < -0.3 is 24.1 Å². The van der Waals surface area contributed by atoms with Crippen LogP contribution in [0.25, 0.3) is 0 Å². The second kappa shape index (κ2) is 12.4. The summed E-state index contributed by atoms with van der Waals surface area (Å²) in [4.78, 5) is 11.4. The van der Waals surface area contributed by atoms with Crippen molar-refractivity contribution >= 4 is 17.6 Å². The van der Waals surface area contributed by atoms with Gasteiger partial charge in [-0.25, -0.2) is 4.79 Å². The average Bonchev–Trinajstić information content (AvgIpc) is 3.05. The molecule has 1 aromatic rings. The molecule has 10 heteroatoms. The van der Waals surface area contributed by atoms with Crippen LogP contribution in [0.1, 0.15) is 59.8 Å². The molecule has 1 aromatic carbocycles. The maximum absolute atomic E-state index is 13.9. The third-order valence-electron chi connectivity index (χ3n) is 6.91. The highest BCUT2D eigenvalue weighted by Crippen LogP contribution is 2.45. The molecular weight excluding hydrogens is 537 g/mol. The molecule has 1 aliphatic carbocycles. The SMILES string of the molecule is CCC1(CC)C=C(C(F)(F)F)C2=C(CC=C(OCCCOc3ccc(O[C@](C)(CC)C(=O)O)cc3)C(Cl)=C2)O1. The van der Waals surface area contributed by atoms with Gasteiger partial charge in [0.05, 0.1) is 23.8 Å². The summed E-state index contributed by atoms with van der Waals surface area (Å²) in [5.74, 6) is 0.452. The topological polar surface area (TPSA) is 74.2 Å². The van der Waals surface area contributed by atoms with E-state index in [0.29, 0.717) is 43.8 Å². The van der Waals surface area contributed by atoms with E-state index in [2.05, 4.69) is 0 Å². The van der Waals surface area contributed by atoms with Gasteiger partial charge in [0, 0.05) is 18.4 Å². The molecule has 0 unspecified atom stereocenters. The van der Waals surface area contributed by atoms with E-state index < -0.39 is 28.9 Å². The average molecular weight is 571 g/mol. The molecule has 1 N–H and O–H groups in total. The normalized spacial score (nSPS) is 18.4. The fraction of sp³-hybridized carbons (Fsp3) is 0.483. The molecule has 0 fully saturated rings. The smallest absolute Gasteiger partial charge is 0.416 e. The molecule has 39 heavy (non-hydrogen) atoms. The lowest BCUT2D eigenvalue weighted by Gasteiger charge is -2.37. The summed E-state index contributed by atoms with van der Waals surface area (Å²) in [5, 5.41) is 9.41. The Kier molecular flexibility index (Phi) is 9.69. The van der Waals surface area contributed by atoms with Crippen LogP contribution in [-0.2, 0) is 14.3 Å². The molecular formula is C29H34ClF3O6. The Bertz CT molecular complexity index is 1160. The summed E-state index contributed by atoms with van der Waals surface area (Å²) in [6.07, 6.45) is 1.24. The summed E-state index contributed by atoms with van der Waals surface area (Å²) in [6, 6.07) is 6.62. The van der Waals surface area contributed by atoms with Gasteiger partial charge in [-0.2, -0.15) is 13.2 Å². The van der Waals surface area contributed by atoms with Gasteiger partial charge in [-0.05, 0) is 68.7 Å². The first-order valence-electron chi connectivity index (χ1n) is 12.9. The number of carbonyl (C=O) groups is 1. The number of rotatable bonds is 12. The second-order valence-corrected chi connectivity index (χ2v) is 9.95. The van der Waals surface area contributed by atoms with E-state index in [9.17, 15) is 23.1 Å². The minimum Gasteiger partial charge on any atom is -0.493 e. The van der Waals surface area contributed by atoms with Gasteiger partial charge in [0.2, 0.25) is 5.60 Å². The molecule has 0 aromatic heterocycles. The largest absolute Gasteiger partial charge is 0.493 e. The minimum absolute atomic E-state index is 0.0659. The molecule has 2 aliphatic rings. The summed E-state index contributed by atoms with van der Waals surface area (Å²) in [5.41, 5.74) is -3.15. The van der Waals surface area contributed by atoms with Gasteiger partial charge in [0.25, 0.3) is 0 Å². The monoisotopic (exact) mass is 570 g/mol. The van der Waals surface area contributed by atoms with Crippen molar-refractivity contribution < 1.29 is 42.0 Å². The highest BCUT2D eigenvalue weighted by molar-refractivity contribution is 6.32. The van der Waals surface area contributed by atoms with Crippen molar-refractivity contribution in [2.75, 3.05) is 13.2 Å². The number of hydrogen-bond donors (Lipinski definition) is 1. The summed E-state index contributed by atoms with van der Waals surface area (Å²) in [7, 11) is 0. The molecule has 0 bridgehead atoms. The van der Waals surface area contributed by atoms with Crippen LogP contribution in [0.15, 0.2) is 70.2 Å². The van der Waals surface area contributed by atoms with E-state index in [1.165, 1.54) is 19.1 Å². The Morgan fingerprint density at radius 3 is 2.26 bits per heavy atom. The van der Waals surface area contributed by atoms with Crippen LogP contribution in [0, 0.1) is 0 Å². The third-order valence-corrected chi connectivity index (χ3v) is 7.21. The number of benzene rings is 1. The van der Waals surface area contributed by atoms with Crippen LogP contribution >= 0.6 is 11.6 Å². The molecule has 1 aliphatic heterocycles. The first-order chi connectivity index (χ1) is 18.4. The van der Waals surface area contributed by atoms with Crippen LogP contribution in [-0.4, -0.2) is 41.7 Å². The van der Waals surface area contributed by atoms with Gasteiger partial charge >= 0.3 is 12.1 Å². The van der Waals surface area contributed by atoms with Crippen LogP contribution in [0.3, 0.4) is 0 Å². The van der Waals surface area contributed by atoms with Crippen molar-refractivity contribution in [3.8, 4) is 11.5 Å². The molecule has 3 rings (SSSR count). The van der Waals surface area contributed by atoms with E-state index >= 15 is 0 Å². The van der Waals surface area contributed by atoms with Gasteiger partial charge in [0.15, 0.2) is 0 Å². The van der Waals surface area contributed by atoms with Crippen molar-refractivity contribution in [1.29, 1.82) is 0 Å². The van der Waals surface area contributed by atoms with Crippen LogP contribution in [0.4, 0.5) is 13.2 Å². The lowest BCUT2D eigenvalue weighted by Crippen LogP contribution is -2.40. The lowest BCUT2D eigenvalue weighted by atomic mass is 9.87. The van der Waals surface area contributed by atoms with Gasteiger partial charge in [-0.15, -0.1) is 0 Å². The highest BCUT2D eigenvalue weighted by atomic mass is 35.5. The van der Waals surface area contributed by atoms with Gasteiger partial charge in [0.1, 0.15) is 28.6 Å². The van der Waals surface area contributed by atoms with E-state index in [1.54, 1.807) is 51.1 Å². The molecule has 0 saturated heterocycles. The molecule has 214 valence electrons. The van der Waals surface area contributed by atoms with Crippen molar-refractivity contribution in [2.45, 2.75) is 77.2 Å². The zero-order chi connectivity index (χ0) is 28.8. The van der Waals surface area contributed by atoms with Crippen LogP contribution in [0.5, 0.6) is 11.5 Å². The van der Waals surface area contributed by atoms with Crippen molar-refractivity contribution in [3.05, 3.63) is 70.2 Å². The third kappa shape index (κ3) is 7.32. The lowest BCUT2D eigenvalue weighted by molar-refractivity contribution is -0.154. The molecule has 6 nitrogen and oxygen atoms in total. The number of halogens is 4. The molecule has 0 radical (unpaired) electrons. The van der Waals surface area contributed by atoms with E-state index in [0.717, 1.165) is 0 Å². The second-order valence-electron chi connectivity index (χ2n) is 9.54. The zero-order valence-corrected chi connectivity index (χ0v) is 23.2. The maximum atomic E-state index is 13.9. The van der Waals surface area contributed by atoms with Crippen LogP contribution in [0.2, 0.25) is 0 Å². The molecule has 0 saturated carbocycles. The van der Waals surface area contributed by atoms with Crippen molar-refractivity contribution in [1.82, 2.24) is 0 Å². The zero-order valence-electron chi connectivity index (χ0n) is 22.5. The van der Waals surface area contributed by atoms with Gasteiger partial charge in [-0.1, -0.05) is 32.4 Å². The summed E-state index contributed by atoms with van der Waals surface area (Å²) < 4.78 is 64.9. The Balaban J connectivity index is 1.55. The summed E-state index contributed by atoms with van der Waals surface area (Å²) >= 11 is 6.36. The Morgan fingerprint density at radius 1 is 1.08 bits per heavy atom. The standard InChI is InChI=1S/C29H34ClF3O6/c1-5-27(4,26(34)35)38-20-11-9-19(10-12-20)36-15-8-16-37-25-14-13-24-21(17-23(25)30)22(29(31,32)33)18-28(6-2,7-3)39-24/h9-12,14,17-18H,5-8,13,15-16H2,1-4H3,(H,34,35)/t27-/m1/s1. The van der Waals surface area contributed by atoms with E-state index in [4.69, 9.17) is 30.5 Å². The number of alkyl halides is 3. The quantitative estimate of drug-likeness (QED) is 0.258. The Labute approximate surface area is 231 Å². The Morgan fingerprint density at radius 2 is 1.69 bits per heavy atom. The van der Waals surface area contributed by atoms with E-state index in [-0.39, 0.29) is 35.2 Å². The predicted molar refractivity (Wildman–Crippen MR) is 142 cm³/mol. The first kappa shape index (κ1) is 30.5. The molecule has 0 amide bonds. The predicted octanol–water partition coefficient (Wildman–Crippen LogP) is 7.85. The summed E-state index contributed by atoms with van der Waals surface area (Å²) in [6.45, 7) is 7.39. The van der Waals surface area contributed by atoms with Crippen molar-refractivity contribution in [3.63, 3.8) is 0 Å². The fourth-order valence-corrected chi connectivity index (χ4v) is 4.38.